The number of aromatic nitrogens is 1. The summed E-state index contributed by atoms with van der Waals surface area (Å²) in [7, 11) is 0. The lowest BCUT2D eigenvalue weighted by molar-refractivity contribution is -0.274. The van der Waals surface area contributed by atoms with Gasteiger partial charge in [0.1, 0.15) is 11.5 Å². The Morgan fingerprint density at radius 3 is 2.55 bits per heavy atom. The minimum Gasteiger partial charge on any atom is -0.406 e. The number of rotatable bonds is 5. The number of nitrogens with one attached hydrogen (secondary N) is 2. The fourth-order valence-electron chi connectivity index (χ4n) is 1.57. The molecule has 0 atom stereocenters. The molecule has 0 saturated heterocycles. The molecule has 1 aromatic carbocycles. The normalized spacial score (nSPS) is 11.1. The van der Waals surface area contributed by atoms with E-state index in [2.05, 4.69) is 20.5 Å². The number of ether oxygens (including phenoxy) is 1. The summed E-state index contributed by atoms with van der Waals surface area (Å²) in [5.41, 5.74) is 0.473. The van der Waals surface area contributed by atoms with E-state index in [-0.39, 0.29) is 18.2 Å². The Bertz CT molecular complexity index is 638. The third-order valence-corrected chi connectivity index (χ3v) is 2.44. The smallest absolute Gasteiger partial charge is 0.406 e. The van der Waals surface area contributed by atoms with E-state index >= 15 is 0 Å². The van der Waals surface area contributed by atoms with E-state index in [0.29, 0.717) is 17.3 Å². The van der Waals surface area contributed by atoms with Gasteiger partial charge < -0.3 is 19.9 Å². The number of alkyl halides is 3. The molecule has 6 nitrogen and oxygen atoms in total. The number of anilines is 2. The molecule has 0 saturated carbocycles. The number of hydrogen-bond acceptors (Lipinski definition) is 5. The molecule has 2 aromatic rings. The van der Waals surface area contributed by atoms with Crippen molar-refractivity contribution in [1.82, 2.24) is 5.16 Å². The van der Waals surface area contributed by atoms with Crippen molar-refractivity contribution in [2.75, 3.05) is 17.2 Å². The number of aryl methyl sites for hydroxylation is 1. The van der Waals surface area contributed by atoms with Gasteiger partial charge in [-0.1, -0.05) is 5.16 Å². The molecule has 1 aromatic heterocycles. The second kappa shape index (κ2) is 6.37. The molecular weight excluding hydrogens is 303 g/mol. The second-order valence-electron chi connectivity index (χ2n) is 4.30. The Morgan fingerprint density at radius 1 is 1.32 bits per heavy atom. The van der Waals surface area contributed by atoms with Crippen molar-refractivity contribution < 1.29 is 27.2 Å². The zero-order chi connectivity index (χ0) is 16.2. The van der Waals surface area contributed by atoms with Crippen molar-refractivity contribution >= 4 is 17.4 Å². The standard InChI is InChI=1S/C13H12F3N3O3/c1-8-6-11(19-22-8)18-12(20)7-17-9-2-4-10(5-3-9)21-13(14,15)16/h2-6,17H,7H2,1H3,(H,18,19,20). The fourth-order valence-corrected chi connectivity index (χ4v) is 1.57. The molecular formula is C13H12F3N3O3. The predicted molar refractivity (Wildman–Crippen MR) is 71.5 cm³/mol. The average Bonchev–Trinajstić information content (AvgIpc) is 2.81. The lowest BCUT2D eigenvalue weighted by atomic mass is 10.3. The van der Waals surface area contributed by atoms with Crippen LogP contribution in [0, 0.1) is 6.92 Å². The minimum atomic E-state index is -4.73. The van der Waals surface area contributed by atoms with Crippen molar-refractivity contribution in [3.8, 4) is 5.75 Å². The van der Waals surface area contributed by atoms with Gasteiger partial charge in [-0.25, -0.2) is 0 Å². The van der Waals surface area contributed by atoms with Gasteiger partial charge >= 0.3 is 6.36 Å². The van der Waals surface area contributed by atoms with E-state index in [0.717, 1.165) is 12.1 Å². The first-order valence-corrected chi connectivity index (χ1v) is 6.15. The van der Waals surface area contributed by atoms with E-state index in [4.69, 9.17) is 4.52 Å². The van der Waals surface area contributed by atoms with Gasteiger partial charge in [-0.05, 0) is 31.2 Å². The van der Waals surface area contributed by atoms with Crippen molar-refractivity contribution in [2.45, 2.75) is 13.3 Å². The molecule has 0 aliphatic carbocycles. The average molecular weight is 315 g/mol. The lowest BCUT2D eigenvalue weighted by Crippen LogP contribution is -2.21. The fraction of sp³-hybridized carbons (Fsp3) is 0.231. The van der Waals surface area contributed by atoms with E-state index in [1.54, 1.807) is 13.0 Å². The monoisotopic (exact) mass is 315 g/mol. The van der Waals surface area contributed by atoms with Crippen LogP contribution in [0.5, 0.6) is 5.75 Å². The molecule has 0 aliphatic rings. The first-order valence-electron chi connectivity index (χ1n) is 6.15. The molecule has 1 amide bonds. The quantitative estimate of drug-likeness (QED) is 0.887. The van der Waals surface area contributed by atoms with Gasteiger partial charge in [0.15, 0.2) is 5.82 Å². The van der Waals surface area contributed by atoms with E-state index < -0.39 is 6.36 Å². The highest BCUT2D eigenvalue weighted by molar-refractivity contribution is 5.92. The van der Waals surface area contributed by atoms with Gasteiger partial charge in [-0.15, -0.1) is 13.2 Å². The number of carbonyl (C=O) groups excluding carboxylic acids is 1. The van der Waals surface area contributed by atoms with E-state index in [1.165, 1.54) is 12.1 Å². The Morgan fingerprint density at radius 2 is 2.00 bits per heavy atom. The van der Waals surface area contributed by atoms with Crippen LogP contribution in [0.15, 0.2) is 34.9 Å². The summed E-state index contributed by atoms with van der Waals surface area (Å²) in [6, 6.07) is 6.59. The molecule has 118 valence electrons. The van der Waals surface area contributed by atoms with Crippen molar-refractivity contribution in [3.05, 3.63) is 36.1 Å². The Hall–Kier alpha value is -2.71. The summed E-state index contributed by atoms with van der Waals surface area (Å²) < 4.78 is 44.5. The third kappa shape index (κ3) is 5.00. The Labute approximate surface area is 123 Å². The molecule has 9 heteroatoms. The lowest BCUT2D eigenvalue weighted by Gasteiger charge is -2.10. The molecule has 0 aliphatic heterocycles. The number of hydrogen-bond donors (Lipinski definition) is 2. The van der Waals surface area contributed by atoms with Gasteiger partial charge in [0.2, 0.25) is 5.91 Å². The van der Waals surface area contributed by atoms with Gasteiger partial charge in [-0.3, -0.25) is 4.79 Å². The molecule has 0 spiro atoms. The topological polar surface area (TPSA) is 76.4 Å². The minimum absolute atomic E-state index is 0.0780. The highest BCUT2D eigenvalue weighted by Gasteiger charge is 2.30. The van der Waals surface area contributed by atoms with Crippen LogP contribution < -0.4 is 15.4 Å². The molecule has 1 heterocycles. The molecule has 0 radical (unpaired) electrons. The summed E-state index contributed by atoms with van der Waals surface area (Å²) in [6.07, 6.45) is -4.73. The van der Waals surface area contributed by atoms with Crippen LogP contribution in [0.25, 0.3) is 0 Å². The molecule has 0 bridgehead atoms. The maximum atomic E-state index is 12.0. The number of nitrogens with zero attached hydrogens (tertiary/aromatic N) is 1. The Balaban J connectivity index is 1.82. The second-order valence-corrected chi connectivity index (χ2v) is 4.30. The summed E-state index contributed by atoms with van der Waals surface area (Å²) in [6.45, 7) is 1.61. The maximum Gasteiger partial charge on any atom is 0.573 e. The van der Waals surface area contributed by atoms with E-state index in [1.807, 2.05) is 0 Å². The van der Waals surface area contributed by atoms with Gasteiger partial charge in [0.05, 0.1) is 6.54 Å². The summed E-state index contributed by atoms with van der Waals surface area (Å²) in [5.74, 6) is 0.145. The molecule has 2 rings (SSSR count). The SMILES string of the molecule is Cc1cc(NC(=O)CNc2ccc(OC(F)(F)F)cc2)no1. The number of benzene rings is 1. The van der Waals surface area contributed by atoms with Crippen LogP contribution in [-0.2, 0) is 4.79 Å². The van der Waals surface area contributed by atoms with Crippen molar-refractivity contribution in [3.63, 3.8) is 0 Å². The van der Waals surface area contributed by atoms with Crippen LogP contribution >= 0.6 is 0 Å². The van der Waals surface area contributed by atoms with Gasteiger partial charge in [0, 0.05) is 11.8 Å². The number of halogens is 3. The number of carbonyl (C=O) groups is 1. The Kier molecular flexibility index (Phi) is 4.54. The van der Waals surface area contributed by atoms with Gasteiger partial charge in [-0.2, -0.15) is 0 Å². The first-order chi connectivity index (χ1) is 10.3. The maximum absolute atomic E-state index is 12.0. The zero-order valence-corrected chi connectivity index (χ0v) is 11.4. The van der Waals surface area contributed by atoms with Crippen molar-refractivity contribution in [2.24, 2.45) is 0 Å². The number of amides is 1. The largest absolute Gasteiger partial charge is 0.573 e. The van der Waals surface area contributed by atoms with Crippen LogP contribution in [0.1, 0.15) is 5.76 Å². The molecule has 2 N–H and O–H groups in total. The van der Waals surface area contributed by atoms with Crippen LogP contribution in [0.4, 0.5) is 24.7 Å². The van der Waals surface area contributed by atoms with Crippen molar-refractivity contribution in [1.29, 1.82) is 0 Å². The van der Waals surface area contributed by atoms with Crippen LogP contribution in [-0.4, -0.2) is 24.0 Å². The van der Waals surface area contributed by atoms with Crippen LogP contribution in [0.2, 0.25) is 0 Å². The van der Waals surface area contributed by atoms with E-state index in [9.17, 15) is 18.0 Å². The summed E-state index contributed by atoms with van der Waals surface area (Å²) >= 11 is 0. The summed E-state index contributed by atoms with van der Waals surface area (Å²) in [5, 5.41) is 8.85. The zero-order valence-electron chi connectivity index (χ0n) is 11.4. The van der Waals surface area contributed by atoms with Crippen LogP contribution in [0.3, 0.4) is 0 Å². The van der Waals surface area contributed by atoms with Gasteiger partial charge in [0.25, 0.3) is 0 Å². The highest BCUT2D eigenvalue weighted by atomic mass is 19.4. The molecule has 0 unspecified atom stereocenters. The molecule has 0 fully saturated rings. The highest BCUT2D eigenvalue weighted by Crippen LogP contribution is 2.23. The predicted octanol–water partition coefficient (Wildman–Crippen LogP) is 2.93. The first kappa shape index (κ1) is 15.7. The summed E-state index contributed by atoms with van der Waals surface area (Å²) in [4.78, 5) is 11.6. The third-order valence-electron chi connectivity index (χ3n) is 2.44. The molecule has 22 heavy (non-hydrogen) atoms.